The van der Waals surface area contributed by atoms with Crippen molar-refractivity contribution < 1.29 is 38.1 Å². The molecule has 1 amide bonds. The molecule has 3 aromatic carbocycles. The Kier molecular flexibility index (Phi) is 11.1. The Balaban J connectivity index is 1.58. The zero-order valence-corrected chi connectivity index (χ0v) is 22.9. The Labute approximate surface area is 233 Å². The molecule has 3 rings (SSSR count). The summed E-state index contributed by atoms with van der Waals surface area (Å²) in [5.74, 6) is -0.0457. The number of carboxylic acid groups (broad SMARTS) is 1. The van der Waals surface area contributed by atoms with Gasteiger partial charge in [0.1, 0.15) is 17.3 Å². The first-order chi connectivity index (χ1) is 19.2. The predicted molar refractivity (Wildman–Crippen MR) is 148 cm³/mol. The number of halogens is 1. The largest absolute Gasteiger partial charge is 0.513 e. The van der Waals surface area contributed by atoms with E-state index in [2.05, 4.69) is 4.74 Å². The molecule has 40 heavy (non-hydrogen) atoms. The van der Waals surface area contributed by atoms with Crippen LogP contribution in [-0.4, -0.2) is 47.8 Å². The highest BCUT2D eigenvalue weighted by atomic mass is 19.1. The second kappa shape index (κ2) is 14.7. The third kappa shape index (κ3) is 8.83. The molecule has 0 saturated carbocycles. The minimum atomic E-state index is -1.59. The molecule has 212 valence electrons. The van der Waals surface area contributed by atoms with Crippen LogP contribution in [0.15, 0.2) is 66.7 Å². The number of methoxy groups -OCH3 is 1. The molecule has 0 unspecified atom stereocenters. The zero-order valence-electron chi connectivity index (χ0n) is 22.9. The van der Waals surface area contributed by atoms with Gasteiger partial charge in [-0.2, -0.15) is 0 Å². The maximum atomic E-state index is 14.4. The Hall–Kier alpha value is -4.40. The molecule has 0 saturated heterocycles. The fourth-order valence-corrected chi connectivity index (χ4v) is 4.12. The van der Waals surface area contributed by atoms with E-state index < -0.39 is 12.1 Å². The molecule has 0 aliphatic rings. The SMILES string of the molecule is COc1ccc(F)c(-c2ccc(C(=O)N(Cc3cccc(OCCCCCC(=O)OC(=O)O)c3)C(C)C)cc2)c1. The molecular weight excluding hydrogens is 517 g/mol. The summed E-state index contributed by atoms with van der Waals surface area (Å²) in [6, 6.07) is 18.9. The van der Waals surface area contributed by atoms with Crippen LogP contribution in [0.1, 0.15) is 55.5 Å². The lowest BCUT2D eigenvalue weighted by atomic mass is 10.0. The monoisotopic (exact) mass is 551 g/mol. The van der Waals surface area contributed by atoms with E-state index in [0.717, 1.165) is 5.56 Å². The number of ether oxygens (including phenoxy) is 3. The Morgan fingerprint density at radius 2 is 1.68 bits per heavy atom. The standard InChI is InChI=1S/C31H34FNO7/c1-21(2)33(30(35)24-13-11-23(12-14-24)27-19-25(38-3)15-16-28(27)32)20-22-8-7-9-26(18-22)39-17-6-4-5-10-29(34)40-31(36)37/h7-9,11-16,18-19,21H,4-6,10,17,20H2,1-3H3,(H,36,37). The summed E-state index contributed by atoms with van der Waals surface area (Å²) in [5, 5.41) is 8.42. The van der Waals surface area contributed by atoms with Crippen molar-refractivity contribution in [3.63, 3.8) is 0 Å². The molecule has 0 aromatic heterocycles. The minimum absolute atomic E-state index is 0.0431. The van der Waals surface area contributed by atoms with Gasteiger partial charge >= 0.3 is 12.1 Å². The van der Waals surface area contributed by atoms with E-state index >= 15 is 0 Å². The van der Waals surface area contributed by atoms with Crippen molar-refractivity contribution >= 4 is 18.0 Å². The van der Waals surface area contributed by atoms with Crippen LogP contribution in [0, 0.1) is 5.82 Å². The number of esters is 1. The lowest BCUT2D eigenvalue weighted by molar-refractivity contribution is -0.139. The molecule has 0 aliphatic carbocycles. The molecular formula is C31H34FNO7. The molecule has 0 bridgehead atoms. The second-order valence-corrected chi connectivity index (χ2v) is 9.50. The molecule has 3 aromatic rings. The summed E-state index contributed by atoms with van der Waals surface area (Å²) in [5.41, 5.74) is 2.46. The lowest BCUT2D eigenvalue weighted by Gasteiger charge is -2.27. The van der Waals surface area contributed by atoms with Crippen LogP contribution in [0.4, 0.5) is 9.18 Å². The average Bonchev–Trinajstić information content (AvgIpc) is 2.93. The number of unbranched alkanes of at least 4 members (excludes halogenated alkanes) is 2. The summed E-state index contributed by atoms with van der Waals surface area (Å²) in [4.78, 5) is 36.7. The quantitative estimate of drug-likeness (QED) is 0.143. The van der Waals surface area contributed by atoms with E-state index in [-0.39, 0.29) is 24.2 Å². The number of amides is 1. The molecule has 0 spiro atoms. The maximum Gasteiger partial charge on any atom is 0.513 e. The van der Waals surface area contributed by atoms with Gasteiger partial charge in [-0.3, -0.25) is 9.59 Å². The van der Waals surface area contributed by atoms with Gasteiger partial charge < -0.3 is 24.2 Å². The highest BCUT2D eigenvalue weighted by molar-refractivity contribution is 5.95. The summed E-state index contributed by atoms with van der Waals surface area (Å²) < 4.78 is 29.5. The van der Waals surface area contributed by atoms with Crippen molar-refractivity contribution in [3.8, 4) is 22.6 Å². The van der Waals surface area contributed by atoms with Gasteiger partial charge in [0, 0.05) is 30.1 Å². The number of nitrogens with zero attached hydrogens (tertiary/aromatic N) is 1. The highest BCUT2D eigenvalue weighted by Gasteiger charge is 2.20. The smallest absolute Gasteiger partial charge is 0.497 e. The molecule has 0 fully saturated rings. The Morgan fingerprint density at radius 3 is 2.35 bits per heavy atom. The van der Waals surface area contributed by atoms with Crippen molar-refractivity contribution in [1.29, 1.82) is 0 Å². The van der Waals surface area contributed by atoms with Crippen LogP contribution in [0.3, 0.4) is 0 Å². The number of carbonyl (C=O) groups excluding carboxylic acids is 2. The maximum absolute atomic E-state index is 14.4. The topological polar surface area (TPSA) is 102 Å². The molecule has 1 N–H and O–H groups in total. The van der Waals surface area contributed by atoms with E-state index in [0.29, 0.717) is 60.6 Å². The van der Waals surface area contributed by atoms with Crippen molar-refractivity contribution in [3.05, 3.63) is 83.7 Å². The van der Waals surface area contributed by atoms with Gasteiger partial charge in [-0.25, -0.2) is 9.18 Å². The molecule has 0 aliphatic heterocycles. The van der Waals surface area contributed by atoms with Gasteiger partial charge in [-0.1, -0.05) is 24.3 Å². The molecule has 9 heteroatoms. The van der Waals surface area contributed by atoms with Gasteiger partial charge in [0.05, 0.1) is 13.7 Å². The number of rotatable bonds is 13. The Morgan fingerprint density at radius 1 is 0.925 bits per heavy atom. The van der Waals surface area contributed by atoms with Crippen LogP contribution in [0.2, 0.25) is 0 Å². The van der Waals surface area contributed by atoms with Crippen LogP contribution in [0.25, 0.3) is 11.1 Å². The Bertz CT molecular complexity index is 1310. The highest BCUT2D eigenvalue weighted by Crippen LogP contribution is 2.28. The van der Waals surface area contributed by atoms with Gasteiger partial charge in [0.25, 0.3) is 5.91 Å². The minimum Gasteiger partial charge on any atom is -0.497 e. The molecule has 0 atom stereocenters. The third-order valence-electron chi connectivity index (χ3n) is 6.25. The van der Waals surface area contributed by atoms with Crippen LogP contribution < -0.4 is 9.47 Å². The third-order valence-corrected chi connectivity index (χ3v) is 6.25. The van der Waals surface area contributed by atoms with Crippen molar-refractivity contribution in [2.24, 2.45) is 0 Å². The van der Waals surface area contributed by atoms with Crippen LogP contribution in [-0.2, 0) is 16.1 Å². The molecule has 8 nitrogen and oxygen atoms in total. The van der Waals surface area contributed by atoms with E-state index in [1.165, 1.54) is 13.2 Å². The molecule has 0 radical (unpaired) electrons. The van der Waals surface area contributed by atoms with Crippen molar-refractivity contribution in [2.75, 3.05) is 13.7 Å². The number of benzene rings is 3. The summed E-state index contributed by atoms with van der Waals surface area (Å²) in [6.07, 6.45) is 0.340. The van der Waals surface area contributed by atoms with Crippen molar-refractivity contribution in [1.82, 2.24) is 4.90 Å². The van der Waals surface area contributed by atoms with E-state index in [1.54, 1.807) is 41.3 Å². The predicted octanol–water partition coefficient (Wildman–Crippen LogP) is 6.71. The van der Waals surface area contributed by atoms with Crippen LogP contribution in [0.5, 0.6) is 11.5 Å². The normalized spacial score (nSPS) is 10.7. The summed E-state index contributed by atoms with van der Waals surface area (Å²) in [7, 11) is 1.52. The van der Waals surface area contributed by atoms with Gasteiger partial charge in [0.15, 0.2) is 0 Å². The molecule has 0 heterocycles. The van der Waals surface area contributed by atoms with Gasteiger partial charge in [-0.15, -0.1) is 0 Å². The zero-order chi connectivity index (χ0) is 29.1. The van der Waals surface area contributed by atoms with E-state index in [4.69, 9.17) is 14.6 Å². The van der Waals surface area contributed by atoms with Crippen molar-refractivity contribution in [2.45, 2.75) is 52.1 Å². The van der Waals surface area contributed by atoms with Crippen LogP contribution >= 0.6 is 0 Å². The average molecular weight is 552 g/mol. The number of carbonyl (C=O) groups is 3. The van der Waals surface area contributed by atoms with E-state index in [1.807, 2.05) is 38.1 Å². The van der Waals surface area contributed by atoms with Gasteiger partial charge in [-0.05, 0) is 86.7 Å². The lowest BCUT2D eigenvalue weighted by Crippen LogP contribution is -2.36. The first-order valence-electron chi connectivity index (χ1n) is 13.1. The fraction of sp³-hybridized carbons (Fsp3) is 0.323. The first-order valence-corrected chi connectivity index (χ1v) is 13.1. The van der Waals surface area contributed by atoms with E-state index in [9.17, 15) is 18.8 Å². The fourth-order valence-electron chi connectivity index (χ4n) is 4.12. The number of hydrogen-bond donors (Lipinski definition) is 1. The first kappa shape index (κ1) is 30.1. The summed E-state index contributed by atoms with van der Waals surface area (Å²) in [6.45, 7) is 4.71. The number of hydrogen-bond acceptors (Lipinski definition) is 6. The summed E-state index contributed by atoms with van der Waals surface area (Å²) >= 11 is 0. The van der Waals surface area contributed by atoms with Gasteiger partial charge in [0.2, 0.25) is 0 Å². The second-order valence-electron chi connectivity index (χ2n) is 9.50.